The molecule has 0 fully saturated rings. The normalized spacial score (nSPS) is 11.3. The van der Waals surface area contributed by atoms with E-state index in [0.29, 0.717) is 12.2 Å². The topological polar surface area (TPSA) is 51.5 Å². The van der Waals surface area contributed by atoms with E-state index in [-0.39, 0.29) is 6.10 Å². The summed E-state index contributed by atoms with van der Waals surface area (Å²) in [6.07, 6.45) is 2.05. The molecule has 4 heteroatoms. The molecule has 96 valence electrons. The van der Waals surface area contributed by atoms with Crippen LogP contribution in [0.4, 0.5) is 0 Å². The standard InChI is InChI=1S/C14H17NO3/c1-9(2)18-8-10-7-15(3)12-6-4-5-11(13(10)12)14(16)17/h4-7,9H,8H2,1-3H3,(H,16,17). The Kier molecular flexibility index (Phi) is 3.39. The van der Waals surface area contributed by atoms with E-state index in [1.807, 2.05) is 37.7 Å². The molecule has 1 aromatic heterocycles. The zero-order chi connectivity index (χ0) is 13.3. The van der Waals surface area contributed by atoms with Crippen molar-refractivity contribution in [3.63, 3.8) is 0 Å². The summed E-state index contributed by atoms with van der Waals surface area (Å²) in [5.41, 5.74) is 2.16. The molecule has 0 aliphatic rings. The number of nitrogens with zero attached hydrogens (tertiary/aromatic N) is 1. The summed E-state index contributed by atoms with van der Waals surface area (Å²) in [5.74, 6) is -0.905. The van der Waals surface area contributed by atoms with Gasteiger partial charge in [0.25, 0.3) is 0 Å². The number of hydrogen-bond donors (Lipinski definition) is 1. The number of aromatic carboxylic acids is 1. The summed E-state index contributed by atoms with van der Waals surface area (Å²) in [5, 5.41) is 10.0. The summed E-state index contributed by atoms with van der Waals surface area (Å²) in [6.45, 7) is 4.35. The van der Waals surface area contributed by atoms with Crippen LogP contribution >= 0.6 is 0 Å². The van der Waals surface area contributed by atoms with Crippen molar-refractivity contribution in [3.8, 4) is 0 Å². The zero-order valence-electron chi connectivity index (χ0n) is 10.8. The predicted molar refractivity (Wildman–Crippen MR) is 69.8 cm³/mol. The molecule has 1 aromatic carbocycles. The van der Waals surface area contributed by atoms with Gasteiger partial charge >= 0.3 is 5.97 Å². The molecular weight excluding hydrogens is 230 g/mol. The van der Waals surface area contributed by atoms with Crippen LogP contribution in [-0.4, -0.2) is 21.7 Å². The molecular formula is C14H17NO3. The Balaban J connectivity index is 2.55. The third-order valence-electron chi connectivity index (χ3n) is 2.90. The monoisotopic (exact) mass is 247 g/mol. The average Bonchev–Trinajstić information content (AvgIpc) is 2.64. The molecule has 0 saturated heterocycles. The van der Waals surface area contributed by atoms with Crippen molar-refractivity contribution in [2.75, 3.05) is 0 Å². The summed E-state index contributed by atoms with van der Waals surface area (Å²) < 4.78 is 7.51. The van der Waals surface area contributed by atoms with Crippen molar-refractivity contribution in [1.29, 1.82) is 0 Å². The number of carboxylic acid groups (broad SMARTS) is 1. The lowest BCUT2D eigenvalue weighted by Crippen LogP contribution is -2.03. The minimum Gasteiger partial charge on any atom is -0.478 e. The minimum absolute atomic E-state index is 0.122. The average molecular weight is 247 g/mol. The molecule has 4 nitrogen and oxygen atoms in total. The van der Waals surface area contributed by atoms with Gasteiger partial charge < -0.3 is 14.4 Å². The maximum atomic E-state index is 11.3. The first-order valence-corrected chi connectivity index (χ1v) is 5.92. The van der Waals surface area contributed by atoms with E-state index in [1.165, 1.54) is 0 Å². The van der Waals surface area contributed by atoms with E-state index < -0.39 is 5.97 Å². The largest absolute Gasteiger partial charge is 0.478 e. The van der Waals surface area contributed by atoms with Crippen LogP contribution in [0.25, 0.3) is 10.9 Å². The Morgan fingerprint density at radius 3 is 2.78 bits per heavy atom. The molecule has 0 amide bonds. The van der Waals surface area contributed by atoms with Crippen molar-refractivity contribution in [1.82, 2.24) is 4.57 Å². The quantitative estimate of drug-likeness (QED) is 0.903. The van der Waals surface area contributed by atoms with Gasteiger partial charge in [0.05, 0.1) is 18.3 Å². The summed E-state index contributed by atoms with van der Waals surface area (Å²) in [6, 6.07) is 5.31. The lowest BCUT2D eigenvalue weighted by Gasteiger charge is -2.07. The second kappa shape index (κ2) is 4.82. The number of aromatic nitrogens is 1. The lowest BCUT2D eigenvalue weighted by molar-refractivity contribution is 0.0661. The molecule has 2 aromatic rings. The molecule has 0 saturated carbocycles. The number of carboxylic acids is 1. The highest BCUT2D eigenvalue weighted by Gasteiger charge is 2.15. The maximum absolute atomic E-state index is 11.3. The van der Waals surface area contributed by atoms with Gasteiger partial charge in [-0.3, -0.25) is 0 Å². The molecule has 0 aliphatic heterocycles. The molecule has 1 heterocycles. The Hall–Kier alpha value is -1.81. The van der Waals surface area contributed by atoms with Crippen LogP contribution in [0.2, 0.25) is 0 Å². The van der Waals surface area contributed by atoms with E-state index in [4.69, 9.17) is 4.74 Å². The fourth-order valence-electron chi connectivity index (χ4n) is 2.08. The van der Waals surface area contributed by atoms with Gasteiger partial charge in [0, 0.05) is 29.7 Å². The third kappa shape index (κ3) is 2.24. The first kappa shape index (κ1) is 12.6. The molecule has 0 radical (unpaired) electrons. The summed E-state index contributed by atoms with van der Waals surface area (Å²) in [7, 11) is 1.91. The molecule has 1 N–H and O–H groups in total. The van der Waals surface area contributed by atoms with Gasteiger partial charge in [-0.1, -0.05) is 6.07 Å². The van der Waals surface area contributed by atoms with Crippen molar-refractivity contribution in [2.45, 2.75) is 26.6 Å². The van der Waals surface area contributed by atoms with Gasteiger partial charge in [-0.2, -0.15) is 0 Å². The Morgan fingerprint density at radius 2 is 2.17 bits per heavy atom. The van der Waals surface area contributed by atoms with E-state index in [1.54, 1.807) is 12.1 Å². The van der Waals surface area contributed by atoms with Gasteiger partial charge in [0.1, 0.15) is 0 Å². The number of hydrogen-bond acceptors (Lipinski definition) is 2. The molecule has 18 heavy (non-hydrogen) atoms. The Bertz CT molecular complexity index is 584. The second-order valence-electron chi connectivity index (χ2n) is 4.63. The van der Waals surface area contributed by atoms with Crippen LogP contribution in [0, 0.1) is 0 Å². The Labute approximate surface area is 106 Å². The fraction of sp³-hybridized carbons (Fsp3) is 0.357. The number of ether oxygens (including phenoxy) is 1. The molecule has 0 spiro atoms. The van der Waals surface area contributed by atoms with Crippen LogP contribution in [0.5, 0.6) is 0 Å². The number of rotatable bonds is 4. The molecule has 2 rings (SSSR count). The van der Waals surface area contributed by atoms with Gasteiger partial charge in [-0.05, 0) is 26.0 Å². The van der Waals surface area contributed by atoms with E-state index in [0.717, 1.165) is 16.5 Å². The molecule has 0 unspecified atom stereocenters. The maximum Gasteiger partial charge on any atom is 0.336 e. The molecule has 0 aliphatic carbocycles. The van der Waals surface area contributed by atoms with Crippen molar-refractivity contribution < 1.29 is 14.6 Å². The number of aryl methyl sites for hydroxylation is 1. The highest BCUT2D eigenvalue weighted by Crippen LogP contribution is 2.25. The van der Waals surface area contributed by atoms with Gasteiger partial charge in [-0.15, -0.1) is 0 Å². The zero-order valence-corrected chi connectivity index (χ0v) is 10.8. The number of fused-ring (bicyclic) bond motifs is 1. The molecule has 0 bridgehead atoms. The van der Waals surface area contributed by atoms with Crippen LogP contribution in [0.1, 0.15) is 29.8 Å². The highest BCUT2D eigenvalue weighted by molar-refractivity contribution is 6.04. The number of carbonyl (C=O) groups is 1. The predicted octanol–water partition coefficient (Wildman–Crippen LogP) is 2.80. The van der Waals surface area contributed by atoms with Crippen LogP contribution in [0.3, 0.4) is 0 Å². The van der Waals surface area contributed by atoms with Crippen LogP contribution < -0.4 is 0 Å². The van der Waals surface area contributed by atoms with E-state index in [2.05, 4.69) is 0 Å². The van der Waals surface area contributed by atoms with Gasteiger partial charge in [-0.25, -0.2) is 4.79 Å². The van der Waals surface area contributed by atoms with E-state index in [9.17, 15) is 9.90 Å². The van der Waals surface area contributed by atoms with E-state index >= 15 is 0 Å². The smallest absolute Gasteiger partial charge is 0.336 e. The summed E-state index contributed by atoms with van der Waals surface area (Å²) >= 11 is 0. The Morgan fingerprint density at radius 1 is 1.44 bits per heavy atom. The van der Waals surface area contributed by atoms with Gasteiger partial charge in [0.2, 0.25) is 0 Å². The van der Waals surface area contributed by atoms with Crippen LogP contribution in [-0.2, 0) is 18.4 Å². The molecule has 0 atom stereocenters. The van der Waals surface area contributed by atoms with Crippen molar-refractivity contribution >= 4 is 16.9 Å². The third-order valence-corrected chi connectivity index (χ3v) is 2.90. The van der Waals surface area contributed by atoms with Crippen LogP contribution in [0.15, 0.2) is 24.4 Å². The first-order valence-electron chi connectivity index (χ1n) is 5.92. The second-order valence-corrected chi connectivity index (χ2v) is 4.63. The minimum atomic E-state index is -0.905. The first-order chi connectivity index (χ1) is 8.50. The van der Waals surface area contributed by atoms with Crippen molar-refractivity contribution in [3.05, 3.63) is 35.5 Å². The number of benzene rings is 1. The fourth-order valence-corrected chi connectivity index (χ4v) is 2.08. The highest BCUT2D eigenvalue weighted by atomic mass is 16.5. The van der Waals surface area contributed by atoms with Crippen molar-refractivity contribution in [2.24, 2.45) is 7.05 Å². The lowest BCUT2D eigenvalue weighted by atomic mass is 10.1. The SMILES string of the molecule is CC(C)OCc1cn(C)c2cccc(C(=O)O)c12. The summed E-state index contributed by atoms with van der Waals surface area (Å²) in [4.78, 5) is 11.3. The van der Waals surface area contributed by atoms with Gasteiger partial charge in [0.15, 0.2) is 0 Å².